The minimum Gasteiger partial charge on any atom is -0.324 e. The van der Waals surface area contributed by atoms with Crippen LogP contribution in [0.4, 0.5) is 0 Å². The topological polar surface area (TPSA) is 29.3 Å². The molecule has 1 aliphatic rings. The van der Waals surface area contributed by atoms with Gasteiger partial charge in [0, 0.05) is 29.6 Å². The molecule has 1 atom stereocenters. The van der Waals surface area contributed by atoms with E-state index in [1.807, 2.05) is 6.07 Å². The summed E-state index contributed by atoms with van der Waals surface area (Å²) in [6, 6.07) is 10.6. The van der Waals surface area contributed by atoms with Crippen molar-refractivity contribution in [1.82, 2.24) is 4.90 Å². The molecule has 0 saturated carbocycles. The second kappa shape index (κ2) is 6.78. The van der Waals surface area contributed by atoms with Crippen molar-refractivity contribution in [2.24, 2.45) is 5.73 Å². The number of hydrogen-bond acceptors (Lipinski definition) is 3. The van der Waals surface area contributed by atoms with Crippen LogP contribution in [0.5, 0.6) is 0 Å². The molecule has 0 bridgehead atoms. The predicted molar refractivity (Wildman–Crippen MR) is 85.6 cm³/mol. The van der Waals surface area contributed by atoms with Crippen molar-refractivity contribution in [3.05, 3.63) is 35.9 Å². The average Bonchev–Trinajstić information content (AvgIpc) is 2.38. The Hall–Kier alpha value is -0.510. The van der Waals surface area contributed by atoms with Gasteiger partial charge in [0.2, 0.25) is 0 Å². The summed E-state index contributed by atoms with van der Waals surface area (Å²) >= 11 is 2.09. The molecular formula is C16H26N2S. The molecule has 0 aromatic heterocycles. The zero-order valence-corrected chi connectivity index (χ0v) is 13.0. The third-order valence-corrected chi connectivity index (χ3v) is 5.02. The summed E-state index contributed by atoms with van der Waals surface area (Å²) in [6.45, 7) is 8.32. The van der Waals surface area contributed by atoms with Crippen LogP contribution >= 0.6 is 11.8 Å². The van der Waals surface area contributed by atoms with Crippen LogP contribution in [0.15, 0.2) is 30.3 Å². The van der Waals surface area contributed by atoms with Gasteiger partial charge in [0.05, 0.1) is 0 Å². The van der Waals surface area contributed by atoms with E-state index in [9.17, 15) is 0 Å². The summed E-state index contributed by atoms with van der Waals surface area (Å²) in [5.41, 5.74) is 7.50. The standard InChI is InChI=1S/C16H26N2S/c1-16(2)13-18(11-12-19-16)10-6-9-15(17)14-7-4-3-5-8-14/h3-5,7-8,15H,6,9-13,17H2,1-2H3. The molecule has 1 saturated heterocycles. The summed E-state index contributed by atoms with van der Waals surface area (Å²) in [5.74, 6) is 1.26. The van der Waals surface area contributed by atoms with Crippen molar-refractivity contribution in [2.75, 3.05) is 25.4 Å². The van der Waals surface area contributed by atoms with Gasteiger partial charge in [-0.15, -0.1) is 0 Å². The van der Waals surface area contributed by atoms with Crippen molar-refractivity contribution >= 4 is 11.8 Å². The maximum atomic E-state index is 6.24. The summed E-state index contributed by atoms with van der Waals surface area (Å²) < 4.78 is 0.416. The fourth-order valence-electron chi connectivity index (χ4n) is 2.71. The third kappa shape index (κ3) is 4.83. The zero-order chi connectivity index (χ0) is 13.7. The minimum atomic E-state index is 0.188. The highest BCUT2D eigenvalue weighted by atomic mass is 32.2. The second-order valence-electron chi connectivity index (χ2n) is 6.04. The van der Waals surface area contributed by atoms with E-state index in [0.29, 0.717) is 4.75 Å². The van der Waals surface area contributed by atoms with Gasteiger partial charge in [-0.1, -0.05) is 30.3 Å². The Morgan fingerprint density at radius 3 is 2.74 bits per heavy atom. The van der Waals surface area contributed by atoms with E-state index in [4.69, 9.17) is 5.73 Å². The number of nitrogens with two attached hydrogens (primary N) is 1. The van der Waals surface area contributed by atoms with Crippen molar-refractivity contribution in [2.45, 2.75) is 37.5 Å². The molecule has 0 aliphatic carbocycles. The van der Waals surface area contributed by atoms with Crippen molar-refractivity contribution in [3.63, 3.8) is 0 Å². The highest BCUT2D eigenvalue weighted by molar-refractivity contribution is 8.00. The first-order valence-corrected chi connectivity index (χ1v) is 8.22. The summed E-state index contributed by atoms with van der Waals surface area (Å²) in [6.07, 6.45) is 2.27. The lowest BCUT2D eigenvalue weighted by atomic mass is 10.0. The monoisotopic (exact) mass is 278 g/mol. The highest BCUT2D eigenvalue weighted by Crippen LogP contribution is 2.29. The second-order valence-corrected chi connectivity index (χ2v) is 7.85. The Morgan fingerprint density at radius 2 is 2.05 bits per heavy atom. The molecule has 1 aliphatic heterocycles. The number of thioether (sulfide) groups is 1. The van der Waals surface area contributed by atoms with E-state index in [1.54, 1.807) is 0 Å². The average molecular weight is 278 g/mol. The Bertz CT molecular complexity index is 378. The van der Waals surface area contributed by atoms with Crippen LogP contribution in [0.2, 0.25) is 0 Å². The van der Waals surface area contributed by atoms with Crippen LogP contribution in [0.25, 0.3) is 0 Å². The molecule has 1 aromatic carbocycles. The minimum absolute atomic E-state index is 0.188. The van der Waals surface area contributed by atoms with Crippen LogP contribution in [-0.4, -0.2) is 35.0 Å². The lowest BCUT2D eigenvalue weighted by Crippen LogP contribution is -2.43. The van der Waals surface area contributed by atoms with Crippen LogP contribution in [0, 0.1) is 0 Å². The Morgan fingerprint density at radius 1 is 1.32 bits per heavy atom. The first-order valence-electron chi connectivity index (χ1n) is 7.24. The molecule has 1 fully saturated rings. The van der Waals surface area contributed by atoms with E-state index >= 15 is 0 Å². The SMILES string of the molecule is CC1(C)CN(CCCC(N)c2ccccc2)CCS1. The molecule has 1 aromatic rings. The number of nitrogens with zero attached hydrogens (tertiary/aromatic N) is 1. The molecule has 19 heavy (non-hydrogen) atoms. The number of hydrogen-bond donors (Lipinski definition) is 1. The van der Waals surface area contributed by atoms with Gasteiger partial charge in [-0.05, 0) is 38.8 Å². The summed E-state index contributed by atoms with van der Waals surface area (Å²) in [4.78, 5) is 2.59. The van der Waals surface area contributed by atoms with Gasteiger partial charge in [0.1, 0.15) is 0 Å². The van der Waals surface area contributed by atoms with Crippen molar-refractivity contribution in [3.8, 4) is 0 Å². The van der Waals surface area contributed by atoms with Gasteiger partial charge >= 0.3 is 0 Å². The molecular weight excluding hydrogens is 252 g/mol. The maximum absolute atomic E-state index is 6.24. The number of rotatable bonds is 5. The molecule has 2 rings (SSSR count). The van der Waals surface area contributed by atoms with Crippen LogP contribution < -0.4 is 5.73 Å². The van der Waals surface area contributed by atoms with E-state index in [-0.39, 0.29) is 6.04 Å². The molecule has 0 radical (unpaired) electrons. The molecule has 0 amide bonds. The van der Waals surface area contributed by atoms with Crippen LogP contribution in [-0.2, 0) is 0 Å². The molecule has 1 unspecified atom stereocenters. The van der Waals surface area contributed by atoms with Gasteiger partial charge in [0.25, 0.3) is 0 Å². The van der Waals surface area contributed by atoms with Gasteiger partial charge in [-0.25, -0.2) is 0 Å². The Kier molecular flexibility index (Phi) is 5.31. The zero-order valence-electron chi connectivity index (χ0n) is 12.1. The lowest BCUT2D eigenvalue weighted by Gasteiger charge is -2.37. The quantitative estimate of drug-likeness (QED) is 0.896. The van der Waals surface area contributed by atoms with E-state index in [2.05, 4.69) is 54.8 Å². The molecule has 3 heteroatoms. The lowest BCUT2D eigenvalue weighted by molar-refractivity contribution is 0.253. The maximum Gasteiger partial charge on any atom is 0.0295 e. The van der Waals surface area contributed by atoms with Gasteiger partial charge < -0.3 is 10.6 Å². The fourth-order valence-corrected chi connectivity index (χ4v) is 3.88. The molecule has 0 spiro atoms. The molecule has 106 valence electrons. The smallest absolute Gasteiger partial charge is 0.0295 e. The fraction of sp³-hybridized carbons (Fsp3) is 0.625. The van der Waals surface area contributed by atoms with Gasteiger partial charge in [0.15, 0.2) is 0 Å². The number of benzene rings is 1. The molecule has 1 heterocycles. The van der Waals surface area contributed by atoms with E-state index in [1.165, 1.54) is 37.4 Å². The first-order chi connectivity index (χ1) is 9.07. The van der Waals surface area contributed by atoms with Gasteiger partial charge in [-0.2, -0.15) is 11.8 Å². The molecule has 2 N–H and O–H groups in total. The summed E-state index contributed by atoms with van der Waals surface area (Å²) in [5, 5.41) is 0. The largest absolute Gasteiger partial charge is 0.324 e. The van der Waals surface area contributed by atoms with Crippen molar-refractivity contribution < 1.29 is 0 Å². The Balaban J connectivity index is 1.72. The van der Waals surface area contributed by atoms with Crippen LogP contribution in [0.1, 0.15) is 38.3 Å². The van der Waals surface area contributed by atoms with Gasteiger partial charge in [-0.3, -0.25) is 0 Å². The molecule has 2 nitrogen and oxygen atoms in total. The highest BCUT2D eigenvalue weighted by Gasteiger charge is 2.26. The third-order valence-electron chi connectivity index (χ3n) is 3.72. The van der Waals surface area contributed by atoms with Crippen LogP contribution in [0.3, 0.4) is 0 Å². The normalized spacial score (nSPS) is 21.2. The van der Waals surface area contributed by atoms with Crippen molar-refractivity contribution in [1.29, 1.82) is 0 Å². The predicted octanol–water partition coefficient (Wildman–Crippen LogP) is 3.29. The first kappa shape index (κ1) is 14.9. The van der Waals surface area contributed by atoms with E-state index < -0.39 is 0 Å². The Labute approximate surface area is 121 Å². The summed E-state index contributed by atoms with van der Waals surface area (Å²) in [7, 11) is 0. The van der Waals surface area contributed by atoms with E-state index in [0.717, 1.165) is 6.42 Å².